The van der Waals surface area contributed by atoms with E-state index in [-0.39, 0.29) is 19.0 Å². The molecule has 0 N–H and O–H groups in total. The van der Waals surface area contributed by atoms with Crippen molar-refractivity contribution in [3.8, 4) is 0 Å². The van der Waals surface area contributed by atoms with Crippen LogP contribution in [0.5, 0.6) is 0 Å². The minimum absolute atomic E-state index is 0.0648. The molecule has 0 fully saturated rings. The number of furan rings is 1. The van der Waals surface area contributed by atoms with E-state index >= 15 is 0 Å². The average molecular weight is 499 g/mol. The van der Waals surface area contributed by atoms with Gasteiger partial charge in [0.15, 0.2) is 12.0 Å². The molecule has 1 rings (SSSR count). The molecule has 0 unspecified atom stereocenters. The zero-order valence-electron chi connectivity index (χ0n) is 9.27. The van der Waals surface area contributed by atoms with Crippen molar-refractivity contribution in [2.75, 3.05) is 4.93 Å². The highest BCUT2D eigenvalue weighted by atomic mass is 127. The van der Waals surface area contributed by atoms with E-state index in [1.54, 1.807) is 12.1 Å². The van der Waals surface area contributed by atoms with Crippen molar-refractivity contribution >= 4 is 98.5 Å². The number of hydrogen-bond donors (Lipinski definition) is 0. The van der Waals surface area contributed by atoms with E-state index in [0.717, 1.165) is 0 Å². The van der Waals surface area contributed by atoms with Gasteiger partial charge in [0, 0.05) is 0 Å². The number of aldehydes is 1. The minimum atomic E-state index is -0.175. The van der Waals surface area contributed by atoms with E-state index in [1.165, 1.54) is 6.26 Å². The fourth-order valence-corrected chi connectivity index (χ4v) is 1.28. The summed E-state index contributed by atoms with van der Waals surface area (Å²) in [7, 11) is 0. The SMILES string of the molecule is CI.ClC(Cl)=C(Cl)C(Cl)=C(Cl)Cl.O=Cc1ccco1. The fraction of sp³-hybridized carbons (Fsp3) is 0.100. The van der Waals surface area contributed by atoms with Gasteiger partial charge in [-0.3, -0.25) is 4.79 Å². The van der Waals surface area contributed by atoms with Crippen LogP contribution in [-0.2, 0) is 0 Å². The third-order valence-electron chi connectivity index (χ3n) is 1.18. The molecule has 0 aliphatic rings. The van der Waals surface area contributed by atoms with Crippen LogP contribution >= 0.6 is 92.2 Å². The standard InChI is InChI=1S/C5H4O2.C4Cl6.CH3I/c6-4-5-2-1-3-7-5;5-1(3(7)8)2(6)4(9)10;1-2/h1-4H;;1H3. The summed E-state index contributed by atoms with van der Waals surface area (Å²) in [5.41, 5.74) is 0. The third kappa shape index (κ3) is 11.3. The largest absolute Gasteiger partial charge is 0.462 e. The highest BCUT2D eigenvalue weighted by Crippen LogP contribution is 2.32. The average Bonchev–Trinajstić information content (AvgIpc) is 2.93. The van der Waals surface area contributed by atoms with E-state index in [4.69, 9.17) is 69.6 Å². The number of hydrogen-bond acceptors (Lipinski definition) is 2. The van der Waals surface area contributed by atoms with Gasteiger partial charge in [0.2, 0.25) is 0 Å². The molecule has 0 spiro atoms. The maximum atomic E-state index is 9.77. The Morgan fingerprint density at radius 2 is 1.47 bits per heavy atom. The Kier molecular flexibility index (Phi) is 16.2. The van der Waals surface area contributed by atoms with Crippen LogP contribution in [0.1, 0.15) is 10.6 Å². The normalized spacial score (nSPS) is 8.21. The lowest BCUT2D eigenvalue weighted by atomic mass is 10.5. The first-order chi connectivity index (χ1) is 8.90. The molecule has 0 aliphatic heterocycles. The smallest absolute Gasteiger partial charge is 0.185 e. The Bertz CT molecular complexity index is 397. The Hall–Kier alpha value is 0.900. The van der Waals surface area contributed by atoms with E-state index in [9.17, 15) is 4.79 Å². The molecule has 0 amide bonds. The highest BCUT2D eigenvalue weighted by molar-refractivity contribution is 14.1. The summed E-state index contributed by atoms with van der Waals surface area (Å²) < 4.78 is 4.26. The molecule has 0 aromatic carbocycles. The first kappa shape index (κ1) is 22.2. The molecule has 1 heterocycles. The maximum absolute atomic E-state index is 9.77. The second-order valence-corrected chi connectivity index (χ2v) is 4.94. The van der Waals surface area contributed by atoms with Crippen molar-refractivity contribution in [3.05, 3.63) is 43.2 Å². The molecule has 108 valence electrons. The van der Waals surface area contributed by atoms with Crippen LogP contribution in [-0.4, -0.2) is 11.2 Å². The van der Waals surface area contributed by atoms with Crippen molar-refractivity contribution in [2.24, 2.45) is 0 Å². The van der Waals surface area contributed by atoms with Crippen molar-refractivity contribution in [3.63, 3.8) is 0 Å². The Morgan fingerprint density at radius 3 is 1.63 bits per heavy atom. The van der Waals surface area contributed by atoms with Gasteiger partial charge in [-0.15, -0.1) is 0 Å². The topological polar surface area (TPSA) is 30.2 Å². The number of alkyl halides is 1. The lowest BCUT2D eigenvalue weighted by Gasteiger charge is -1.94. The van der Waals surface area contributed by atoms with Gasteiger partial charge in [-0.1, -0.05) is 92.2 Å². The summed E-state index contributed by atoms with van der Waals surface area (Å²) in [6.07, 6.45) is 2.13. The van der Waals surface area contributed by atoms with Gasteiger partial charge >= 0.3 is 0 Å². The van der Waals surface area contributed by atoms with Crippen LogP contribution in [0.2, 0.25) is 0 Å². The number of rotatable bonds is 2. The number of carbonyl (C=O) groups excluding carboxylic acids is 1. The van der Waals surface area contributed by atoms with Crippen LogP contribution in [0, 0.1) is 0 Å². The molecule has 0 atom stereocenters. The molecule has 0 saturated carbocycles. The van der Waals surface area contributed by atoms with Gasteiger partial charge in [0.05, 0.1) is 16.3 Å². The van der Waals surface area contributed by atoms with Crippen molar-refractivity contribution in [1.82, 2.24) is 0 Å². The molecular formula is C10H7Cl6IO2. The van der Waals surface area contributed by atoms with Crippen LogP contribution in [0.3, 0.4) is 0 Å². The summed E-state index contributed by atoms with van der Waals surface area (Å²) in [6, 6.07) is 3.27. The molecule has 9 heteroatoms. The molecule has 2 nitrogen and oxygen atoms in total. The second kappa shape index (κ2) is 13.9. The van der Waals surface area contributed by atoms with Crippen molar-refractivity contribution in [2.45, 2.75) is 0 Å². The van der Waals surface area contributed by atoms with Crippen molar-refractivity contribution in [1.29, 1.82) is 0 Å². The molecule has 19 heavy (non-hydrogen) atoms. The Balaban J connectivity index is 0. The van der Waals surface area contributed by atoms with Crippen LogP contribution in [0.4, 0.5) is 0 Å². The van der Waals surface area contributed by atoms with Gasteiger partial charge in [0.25, 0.3) is 0 Å². The lowest BCUT2D eigenvalue weighted by molar-refractivity contribution is 0.110. The molecule has 1 aromatic rings. The fourth-order valence-electron chi connectivity index (χ4n) is 0.524. The summed E-state index contributed by atoms with van der Waals surface area (Å²) in [5, 5.41) is -0.130. The third-order valence-corrected chi connectivity index (χ3v) is 3.18. The predicted octanol–water partition coefficient (Wildman–Crippen LogP) is 6.90. The molecule has 0 saturated heterocycles. The first-order valence-electron chi connectivity index (χ1n) is 4.18. The second-order valence-electron chi connectivity index (χ2n) is 2.28. The van der Waals surface area contributed by atoms with Crippen LogP contribution in [0.15, 0.2) is 41.9 Å². The van der Waals surface area contributed by atoms with E-state index in [1.807, 2.05) is 4.93 Å². The Morgan fingerprint density at radius 1 is 1.05 bits per heavy atom. The van der Waals surface area contributed by atoms with Crippen LogP contribution in [0.25, 0.3) is 0 Å². The molecule has 0 radical (unpaired) electrons. The van der Waals surface area contributed by atoms with Crippen molar-refractivity contribution < 1.29 is 9.21 Å². The van der Waals surface area contributed by atoms with E-state index in [2.05, 4.69) is 27.0 Å². The highest BCUT2D eigenvalue weighted by Gasteiger charge is 2.07. The zero-order chi connectivity index (χ0) is 15.4. The monoisotopic (exact) mass is 496 g/mol. The molecule has 0 aliphatic carbocycles. The van der Waals surface area contributed by atoms with Gasteiger partial charge in [0.1, 0.15) is 8.98 Å². The van der Waals surface area contributed by atoms with E-state index < -0.39 is 0 Å². The number of halogens is 7. The maximum Gasteiger partial charge on any atom is 0.185 e. The van der Waals surface area contributed by atoms with E-state index in [0.29, 0.717) is 12.0 Å². The Labute approximate surface area is 154 Å². The number of allylic oxidation sites excluding steroid dienone is 2. The first-order valence-corrected chi connectivity index (χ1v) is 8.61. The molecule has 0 bridgehead atoms. The van der Waals surface area contributed by atoms with Crippen LogP contribution < -0.4 is 0 Å². The quantitative estimate of drug-likeness (QED) is 0.192. The predicted molar refractivity (Wildman–Crippen MR) is 93.2 cm³/mol. The van der Waals surface area contributed by atoms with Gasteiger partial charge in [-0.05, 0) is 17.1 Å². The minimum Gasteiger partial charge on any atom is -0.462 e. The zero-order valence-corrected chi connectivity index (χ0v) is 16.0. The number of carbonyl (C=O) groups is 1. The molecular weight excluding hydrogens is 492 g/mol. The lowest BCUT2D eigenvalue weighted by Crippen LogP contribution is -1.73. The van der Waals surface area contributed by atoms with Gasteiger partial charge < -0.3 is 4.42 Å². The summed E-state index contributed by atoms with van der Waals surface area (Å²) in [4.78, 5) is 11.7. The van der Waals surface area contributed by atoms with Gasteiger partial charge in [-0.2, -0.15) is 0 Å². The van der Waals surface area contributed by atoms with Gasteiger partial charge in [-0.25, -0.2) is 0 Å². The summed E-state index contributed by atoms with van der Waals surface area (Å²) in [5.74, 6) is 0.375. The summed E-state index contributed by atoms with van der Waals surface area (Å²) >= 11 is 34.0. The summed E-state index contributed by atoms with van der Waals surface area (Å²) in [6.45, 7) is 0. The molecule has 1 aromatic heterocycles.